The molecule has 0 bridgehead atoms. The molecule has 0 aliphatic rings. The number of nitrogens with two attached hydrogens (primary N) is 1. The van der Waals surface area contributed by atoms with Gasteiger partial charge in [-0.2, -0.15) is 4.31 Å². The van der Waals surface area contributed by atoms with Gasteiger partial charge in [0.05, 0.1) is 5.69 Å². The molecule has 112 valence electrons. The molecule has 0 amide bonds. The van der Waals surface area contributed by atoms with Crippen LogP contribution in [0.4, 0.5) is 10.1 Å². The van der Waals surface area contributed by atoms with E-state index in [9.17, 15) is 12.8 Å². The highest BCUT2D eigenvalue weighted by atomic mass is 32.2. The number of benzene rings is 2. The maximum atomic E-state index is 13.5. The highest BCUT2D eigenvalue weighted by Gasteiger charge is 2.26. The molecule has 0 saturated heterocycles. The van der Waals surface area contributed by atoms with Crippen molar-refractivity contribution < 1.29 is 12.8 Å². The van der Waals surface area contributed by atoms with Gasteiger partial charge in [0.15, 0.2) is 0 Å². The lowest BCUT2D eigenvalue weighted by Crippen LogP contribution is -2.31. The van der Waals surface area contributed by atoms with Gasteiger partial charge < -0.3 is 5.73 Å². The number of nitrogen functional groups attached to an aromatic ring is 1. The van der Waals surface area contributed by atoms with Crippen LogP contribution < -0.4 is 5.73 Å². The first-order chi connectivity index (χ1) is 9.96. The van der Waals surface area contributed by atoms with E-state index in [0.717, 1.165) is 11.6 Å². The van der Waals surface area contributed by atoms with Gasteiger partial charge in [-0.3, -0.25) is 0 Å². The van der Waals surface area contributed by atoms with Crippen LogP contribution >= 0.6 is 0 Å². The van der Waals surface area contributed by atoms with Crippen molar-refractivity contribution in [1.29, 1.82) is 0 Å². The molecule has 0 unspecified atom stereocenters. The number of hydrogen-bond acceptors (Lipinski definition) is 3. The summed E-state index contributed by atoms with van der Waals surface area (Å²) in [6, 6.07) is 13.0. The zero-order valence-electron chi connectivity index (χ0n) is 11.7. The van der Waals surface area contributed by atoms with Crippen molar-refractivity contribution in [1.82, 2.24) is 4.31 Å². The van der Waals surface area contributed by atoms with E-state index < -0.39 is 15.8 Å². The van der Waals surface area contributed by atoms with Gasteiger partial charge in [-0.25, -0.2) is 12.8 Å². The summed E-state index contributed by atoms with van der Waals surface area (Å²) >= 11 is 0. The largest absolute Gasteiger partial charge is 0.395 e. The zero-order valence-corrected chi connectivity index (χ0v) is 12.5. The van der Waals surface area contributed by atoms with E-state index >= 15 is 0 Å². The fourth-order valence-corrected chi connectivity index (χ4v) is 3.60. The lowest BCUT2D eigenvalue weighted by atomic mass is 10.2. The topological polar surface area (TPSA) is 63.4 Å². The summed E-state index contributed by atoms with van der Waals surface area (Å²) in [5.41, 5.74) is 6.09. The Bertz CT molecular complexity index is 718. The molecule has 0 heterocycles. The molecule has 0 spiro atoms. The van der Waals surface area contributed by atoms with Crippen molar-refractivity contribution in [3.05, 3.63) is 59.9 Å². The quantitative estimate of drug-likeness (QED) is 0.864. The molecule has 0 radical (unpaired) electrons. The van der Waals surface area contributed by atoms with Crippen LogP contribution in [0.25, 0.3) is 0 Å². The Morgan fingerprint density at radius 3 is 2.38 bits per heavy atom. The molecule has 6 heteroatoms. The number of halogens is 1. The highest BCUT2D eigenvalue weighted by Crippen LogP contribution is 2.25. The second-order valence-corrected chi connectivity index (χ2v) is 6.47. The minimum atomic E-state index is -3.83. The van der Waals surface area contributed by atoms with E-state index in [4.69, 9.17) is 5.73 Å². The molecule has 0 aromatic heterocycles. The van der Waals surface area contributed by atoms with Crippen molar-refractivity contribution in [3.63, 3.8) is 0 Å². The average molecular weight is 308 g/mol. The molecular weight excluding hydrogens is 291 g/mol. The summed E-state index contributed by atoms with van der Waals surface area (Å²) in [5.74, 6) is -0.730. The predicted molar refractivity (Wildman–Crippen MR) is 80.5 cm³/mol. The van der Waals surface area contributed by atoms with Gasteiger partial charge in [-0.15, -0.1) is 0 Å². The van der Waals surface area contributed by atoms with Gasteiger partial charge >= 0.3 is 0 Å². The third kappa shape index (κ3) is 3.22. The maximum absolute atomic E-state index is 13.5. The summed E-state index contributed by atoms with van der Waals surface area (Å²) in [4.78, 5) is -0.194. The second kappa shape index (κ2) is 6.24. The summed E-state index contributed by atoms with van der Waals surface area (Å²) in [6.07, 6.45) is 0. The average Bonchev–Trinajstić information content (AvgIpc) is 2.48. The fourth-order valence-electron chi connectivity index (χ4n) is 2.04. The van der Waals surface area contributed by atoms with Gasteiger partial charge in [-0.05, 0) is 17.7 Å². The third-order valence-corrected chi connectivity index (χ3v) is 5.16. The maximum Gasteiger partial charge on any atom is 0.245 e. The van der Waals surface area contributed by atoms with Crippen LogP contribution in [0.5, 0.6) is 0 Å². The van der Waals surface area contributed by atoms with Crippen LogP contribution in [0.1, 0.15) is 12.5 Å². The lowest BCUT2D eigenvalue weighted by molar-refractivity contribution is 0.423. The van der Waals surface area contributed by atoms with E-state index in [1.807, 2.05) is 30.3 Å². The van der Waals surface area contributed by atoms with E-state index in [-0.39, 0.29) is 23.7 Å². The summed E-state index contributed by atoms with van der Waals surface area (Å²) < 4.78 is 40.0. The number of anilines is 1. The van der Waals surface area contributed by atoms with Gasteiger partial charge in [0, 0.05) is 13.1 Å². The summed E-state index contributed by atoms with van der Waals surface area (Å²) in [7, 11) is -3.83. The Morgan fingerprint density at radius 2 is 1.76 bits per heavy atom. The summed E-state index contributed by atoms with van der Waals surface area (Å²) in [5, 5.41) is 0. The first kappa shape index (κ1) is 15.5. The molecular formula is C15H17FN2O2S. The van der Waals surface area contributed by atoms with E-state index in [1.54, 1.807) is 6.92 Å². The Hall–Kier alpha value is -1.92. The number of sulfonamides is 1. The highest BCUT2D eigenvalue weighted by molar-refractivity contribution is 7.89. The minimum absolute atomic E-state index is 0.194. The molecule has 0 atom stereocenters. The number of rotatable bonds is 5. The van der Waals surface area contributed by atoms with Gasteiger partial charge in [0.2, 0.25) is 10.0 Å². The molecule has 21 heavy (non-hydrogen) atoms. The van der Waals surface area contributed by atoms with Crippen molar-refractivity contribution in [3.8, 4) is 0 Å². The van der Waals surface area contributed by atoms with E-state index in [1.165, 1.54) is 16.4 Å². The number of nitrogens with zero attached hydrogens (tertiary/aromatic N) is 1. The number of hydrogen-bond donors (Lipinski definition) is 1. The fraction of sp³-hybridized carbons (Fsp3) is 0.200. The summed E-state index contributed by atoms with van der Waals surface area (Å²) in [6.45, 7) is 2.22. The predicted octanol–water partition coefficient (Wildman–Crippen LogP) is 2.62. The van der Waals surface area contributed by atoms with Crippen LogP contribution in [-0.4, -0.2) is 19.3 Å². The Morgan fingerprint density at radius 1 is 1.10 bits per heavy atom. The first-order valence-electron chi connectivity index (χ1n) is 6.55. The smallest absolute Gasteiger partial charge is 0.245 e. The zero-order chi connectivity index (χ0) is 15.5. The molecule has 2 N–H and O–H groups in total. The van der Waals surface area contributed by atoms with Crippen molar-refractivity contribution >= 4 is 15.7 Å². The van der Waals surface area contributed by atoms with Crippen LogP contribution in [0.2, 0.25) is 0 Å². The van der Waals surface area contributed by atoms with Crippen molar-refractivity contribution in [2.45, 2.75) is 18.4 Å². The van der Waals surface area contributed by atoms with Gasteiger partial charge in [0.25, 0.3) is 0 Å². The van der Waals surface area contributed by atoms with E-state index in [0.29, 0.717) is 0 Å². The standard InChI is InChI=1S/C15H17FN2O2S/c1-2-18(11-12-7-4-3-5-8-12)21(19,20)14-10-6-9-13(16)15(14)17/h3-10H,2,11,17H2,1H3. The minimum Gasteiger partial charge on any atom is -0.395 e. The normalized spacial score (nSPS) is 11.8. The van der Waals surface area contributed by atoms with Crippen LogP contribution in [0.15, 0.2) is 53.4 Å². The van der Waals surface area contributed by atoms with Crippen LogP contribution in [0, 0.1) is 5.82 Å². The van der Waals surface area contributed by atoms with Gasteiger partial charge in [-0.1, -0.05) is 43.3 Å². The molecule has 0 saturated carbocycles. The molecule has 0 aliphatic carbocycles. The Kier molecular flexibility index (Phi) is 4.59. The molecule has 0 aliphatic heterocycles. The Balaban J connectivity index is 2.38. The first-order valence-corrected chi connectivity index (χ1v) is 7.99. The molecule has 2 rings (SSSR count). The van der Waals surface area contributed by atoms with E-state index in [2.05, 4.69) is 0 Å². The second-order valence-electron chi connectivity index (χ2n) is 4.57. The molecule has 4 nitrogen and oxygen atoms in total. The third-order valence-electron chi connectivity index (χ3n) is 3.19. The lowest BCUT2D eigenvalue weighted by Gasteiger charge is -2.21. The van der Waals surface area contributed by atoms with Crippen molar-refractivity contribution in [2.75, 3.05) is 12.3 Å². The molecule has 2 aromatic rings. The van der Waals surface area contributed by atoms with Crippen molar-refractivity contribution in [2.24, 2.45) is 0 Å². The SMILES string of the molecule is CCN(Cc1ccccc1)S(=O)(=O)c1cccc(F)c1N. The number of para-hydroxylation sites is 1. The van der Waals surface area contributed by atoms with Gasteiger partial charge in [0.1, 0.15) is 10.7 Å². The molecule has 0 fully saturated rings. The Labute approximate surface area is 124 Å². The van der Waals surface area contributed by atoms with Crippen LogP contribution in [-0.2, 0) is 16.6 Å². The monoisotopic (exact) mass is 308 g/mol. The van der Waals surface area contributed by atoms with Crippen LogP contribution in [0.3, 0.4) is 0 Å². The molecule has 2 aromatic carbocycles.